The first-order valence-electron chi connectivity index (χ1n) is 4.68. The van der Waals surface area contributed by atoms with Gasteiger partial charge in [-0.3, -0.25) is 0 Å². The van der Waals surface area contributed by atoms with Crippen LogP contribution in [0.5, 0.6) is 0 Å². The van der Waals surface area contributed by atoms with Crippen molar-refractivity contribution in [3.8, 4) is 0 Å². The summed E-state index contributed by atoms with van der Waals surface area (Å²) < 4.78 is 0.812. The molecule has 0 saturated carbocycles. The second kappa shape index (κ2) is 5.56. The van der Waals surface area contributed by atoms with E-state index in [1.807, 2.05) is 5.38 Å². The maximum atomic E-state index is 10.6. The molecule has 2 heterocycles. The van der Waals surface area contributed by atoms with E-state index in [9.17, 15) is 4.79 Å². The molecule has 0 amide bonds. The molecule has 0 aromatic carbocycles. The molecule has 0 radical (unpaired) electrons. The van der Waals surface area contributed by atoms with E-state index in [1.165, 1.54) is 22.7 Å². The Morgan fingerprint density at radius 1 is 1.41 bits per heavy atom. The molecule has 0 aliphatic carbocycles. The minimum Gasteiger partial charge on any atom is -0.476 e. The number of halogens is 1. The van der Waals surface area contributed by atoms with E-state index in [4.69, 9.17) is 5.11 Å². The molecule has 0 spiro atoms. The fourth-order valence-electron chi connectivity index (χ4n) is 1.14. The molecule has 2 N–H and O–H groups in total. The topological polar surface area (TPSA) is 75.1 Å². The molecule has 0 saturated heterocycles. The van der Waals surface area contributed by atoms with Crippen LogP contribution in [0.1, 0.15) is 15.5 Å². The van der Waals surface area contributed by atoms with Crippen molar-refractivity contribution in [2.75, 3.05) is 11.9 Å². The van der Waals surface area contributed by atoms with E-state index in [0.717, 1.165) is 14.7 Å². The monoisotopic (exact) mass is 333 g/mol. The minimum absolute atomic E-state index is 0.113. The van der Waals surface area contributed by atoms with Gasteiger partial charge in [-0.05, 0) is 15.9 Å². The van der Waals surface area contributed by atoms with Gasteiger partial charge in [0.25, 0.3) is 0 Å². The number of aromatic nitrogens is 2. The average Bonchev–Trinajstić information content (AvgIpc) is 2.88. The van der Waals surface area contributed by atoms with Gasteiger partial charge in [0.05, 0.1) is 5.01 Å². The number of nitrogens with one attached hydrogen (secondary N) is 1. The van der Waals surface area contributed by atoms with E-state index >= 15 is 0 Å². The van der Waals surface area contributed by atoms with Crippen LogP contribution in [0.2, 0.25) is 0 Å². The van der Waals surface area contributed by atoms with Gasteiger partial charge >= 0.3 is 5.97 Å². The van der Waals surface area contributed by atoms with Crippen molar-refractivity contribution in [2.24, 2.45) is 0 Å². The predicted octanol–water partition coefficient (Wildman–Crippen LogP) is 2.71. The summed E-state index contributed by atoms with van der Waals surface area (Å²) in [4.78, 5) is 18.8. The molecule has 17 heavy (non-hydrogen) atoms. The van der Waals surface area contributed by atoms with Crippen molar-refractivity contribution < 1.29 is 9.90 Å². The average molecular weight is 334 g/mol. The summed E-state index contributed by atoms with van der Waals surface area (Å²) in [5, 5.41) is 17.0. The highest BCUT2D eigenvalue weighted by molar-refractivity contribution is 9.10. The van der Waals surface area contributed by atoms with Crippen LogP contribution in [0.25, 0.3) is 0 Å². The van der Waals surface area contributed by atoms with Gasteiger partial charge in [0.2, 0.25) is 0 Å². The maximum Gasteiger partial charge on any atom is 0.355 e. The first-order chi connectivity index (χ1) is 8.15. The Kier molecular flexibility index (Phi) is 4.08. The van der Waals surface area contributed by atoms with Crippen molar-refractivity contribution in [1.29, 1.82) is 0 Å². The Balaban J connectivity index is 1.83. The fourth-order valence-corrected chi connectivity index (χ4v) is 3.08. The number of carboxylic acids is 1. The summed E-state index contributed by atoms with van der Waals surface area (Å²) in [6, 6.07) is 0. The summed E-state index contributed by atoms with van der Waals surface area (Å²) in [6.45, 7) is 0.687. The zero-order chi connectivity index (χ0) is 12.3. The van der Waals surface area contributed by atoms with Crippen molar-refractivity contribution in [3.05, 3.63) is 26.1 Å². The third-order valence-electron chi connectivity index (χ3n) is 1.86. The Labute approximate surface area is 114 Å². The number of nitrogens with zero attached hydrogens (tertiary/aromatic N) is 2. The first kappa shape index (κ1) is 12.5. The molecule has 0 atom stereocenters. The number of carboxylic acid groups (broad SMARTS) is 1. The molecule has 2 aromatic rings. The molecule has 0 bridgehead atoms. The van der Waals surface area contributed by atoms with E-state index in [0.29, 0.717) is 13.0 Å². The van der Waals surface area contributed by atoms with Gasteiger partial charge in [0.1, 0.15) is 4.60 Å². The zero-order valence-electron chi connectivity index (χ0n) is 8.51. The Morgan fingerprint density at radius 3 is 2.82 bits per heavy atom. The smallest absolute Gasteiger partial charge is 0.355 e. The van der Waals surface area contributed by atoms with E-state index < -0.39 is 5.97 Å². The van der Waals surface area contributed by atoms with E-state index in [2.05, 4.69) is 31.2 Å². The Morgan fingerprint density at radius 2 is 2.24 bits per heavy atom. The molecule has 0 aliphatic rings. The molecule has 90 valence electrons. The van der Waals surface area contributed by atoms with Crippen LogP contribution < -0.4 is 5.32 Å². The lowest BCUT2D eigenvalue weighted by molar-refractivity contribution is 0.0691. The van der Waals surface area contributed by atoms with Crippen molar-refractivity contribution in [1.82, 2.24) is 9.97 Å². The summed E-state index contributed by atoms with van der Waals surface area (Å²) in [7, 11) is 0. The summed E-state index contributed by atoms with van der Waals surface area (Å²) >= 11 is 6.15. The van der Waals surface area contributed by atoms with Crippen molar-refractivity contribution in [2.45, 2.75) is 6.42 Å². The highest BCUT2D eigenvalue weighted by atomic mass is 79.9. The van der Waals surface area contributed by atoms with Gasteiger partial charge in [0.15, 0.2) is 10.8 Å². The number of anilines is 1. The van der Waals surface area contributed by atoms with Crippen molar-refractivity contribution in [3.63, 3.8) is 0 Å². The van der Waals surface area contributed by atoms with Crippen LogP contribution >= 0.6 is 38.6 Å². The summed E-state index contributed by atoms with van der Waals surface area (Å²) in [6.07, 6.45) is 0.690. The van der Waals surface area contributed by atoms with Gasteiger partial charge in [-0.25, -0.2) is 14.8 Å². The first-order valence-corrected chi connectivity index (χ1v) is 7.23. The standard InChI is InChI=1S/C9H8BrN3O2S2/c10-6-4-17-9(13-6)11-2-1-7-12-5(3-16-7)8(14)15/h3-4H,1-2H2,(H,11,13)(H,14,15). The molecule has 8 heteroatoms. The number of rotatable bonds is 5. The van der Waals surface area contributed by atoms with E-state index in [-0.39, 0.29) is 5.69 Å². The summed E-state index contributed by atoms with van der Waals surface area (Å²) in [5.41, 5.74) is 0.113. The lowest BCUT2D eigenvalue weighted by atomic mass is 10.4. The molecular formula is C9H8BrN3O2S2. The van der Waals surface area contributed by atoms with Crippen LogP contribution in [0, 0.1) is 0 Å². The largest absolute Gasteiger partial charge is 0.476 e. The Hall–Kier alpha value is -0.990. The minimum atomic E-state index is -0.982. The molecular weight excluding hydrogens is 326 g/mol. The van der Waals surface area contributed by atoms with Crippen LogP contribution in [0.15, 0.2) is 15.4 Å². The van der Waals surface area contributed by atoms with Crippen LogP contribution in [-0.2, 0) is 6.42 Å². The molecule has 0 aliphatic heterocycles. The van der Waals surface area contributed by atoms with Crippen LogP contribution in [-0.4, -0.2) is 27.6 Å². The van der Waals surface area contributed by atoms with Gasteiger partial charge < -0.3 is 10.4 Å². The highest BCUT2D eigenvalue weighted by Gasteiger charge is 2.08. The second-order valence-corrected chi connectivity index (χ2v) is 5.70. The number of hydrogen-bond acceptors (Lipinski definition) is 6. The Bertz CT molecular complexity index is 526. The predicted molar refractivity (Wildman–Crippen MR) is 71.1 cm³/mol. The molecule has 5 nitrogen and oxygen atoms in total. The lowest BCUT2D eigenvalue weighted by Crippen LogP contribution is -2.05. The number of aromatic carboxylic acids is 1. The highest BCUT2D eigenvalue weighted by Crippen LogP contribution is 2.19. The molecule has 0 fully saturated rings. The summed E-state index contributed by atoms with van der Waals surface area (Å²) in [5.74, 6) is -0.982. The van der Waals surface area contributed by atoms with Crippen LogP contribution in [0.3, 0.4) is 0 Å². The van der Waals surface area contributed by atoms with Gasteiger partial charge in [-0.2, -0.15) is 0 Å². The van der Waals surface area contributed by atoms with E-state index in [1.54, 1.807) is 5.38 Å². The quantitative estimate of drug-likeness (QED) is 0.879. The maximum absolute atomic E-state index is 10.6. The lowest BCUT2D eigenvalue weighted by Gasteiger charge is -1.99. The number of carbonyl (C=O) groups is 1. The van der Waals surface area contributed by atoms with Gasteiger partial charge in [-0.1, -0.05) is 0 Å². The second-order valence-electron chi connectivity index (χ2n) is 3.08. The zero-order valence-corrected chi connectivity index (χ0v) is 11.7. The van der Waals surface area contributed by atoms with Crippen molar-refractivity contribution >= 4 is 49.7 Å². The fraction of sp³-hybridized carbons (Fsp3) is 0.222. The third kappa shape index (κ3) is 3.48. The van der Waals surface area contributed by atoms with Gasteiger partial charge in [-0.15, -0.1) is 22.7 Å². The number of thiazole rings is 2. The van der Waals surface area contributed by atoms with Crippen LogP contribution in [0.4, 0.5) is 5.13 Å². The third-order valence-corrected chi connectivity index (χ3v) is 4.28. The van der Waals surface area contributed by atoms with Gasteiger partial charge in [0, 0.05) is 23.7 Å². The number of hydrogen-bond donors (Lipinski definition) is 2. The molecule has 2 aromatic heterocycles. The molecule has 2 rings (SSSR count). The normalized spacial score (nSPS) is 10.4. The SMILES string of the molecule is O=C(O)c1csc(CCNc2nc(Br)cs2)n1. The molecule has 0 unspecified atom stereocenters.